The zero-order chi connectivity index (χ0) is 17.7. The van der Waals surface area contributed by atoms with Crippen LogP contribution in [0.4, 0.5) is 0 Å². The standard InChI is InChI=1S/C16H26O7/c1-8-9(2)15(22-12(5)18)16(23-13(6)19)10(3)21-14(8)7-20-11(4)17/h8-10,14-16H,7H2,1-6H3/t8-,9-,10-,14+,15+,16-/m0/s1. The van der Waals surface area contributed by atoms with Crippen molar-refractivity contribution in [1.82, 2.24) is 0 Å². The zero-order valence-electron chi connectivity index (χ0n) is 14.5. The summed E-state index contributed by atoms with van der Waals surface area (Å²) >= 11 is 0. The zero-order valence-corrected chi connectivity index (χ0v) is 14.5. The molecule has 0 N–H and O–H groups in total. The van der Waals surface area contributed by atoms with E-state index in [1.54, 1.807) is 6.92 Å². The van der Waals surface area contributed by atoms with Crippen LogP contribution in [0.1, 0.15) is 41.5 Å². The molecule has 1 aliphatic heterocycles. The lowest BCUT2D eigenvalue weighted by Crippen LogP contribution is -2.45. The van der Waals surface area contributed by atoms with Gasteiger partial charge < -0.3 is 18.9 Å². The van der Waals surface area contributed by atoms with E-state index in [0.29, 0.717) is 0 Å². The molecule has 1 heterocycles. The Morgan fingerprint density at radius 2 is 1.35 bits per heavy atom. The Labute approximate surface area is 136 Å². The number of ether oxygens (including phenoxy) is 4. The third-order valence-corrected chi connectivity index (χ3v) is 4.16. The summed E-state index contributed by atoms with van der Waals surface area (Å²) in [4.78, 5) is 33.9. The van der Waals surface area contributed by atoms with Crippen LogP contribution in [0.2, 0.25) is 0 Å². The first kappa shape index (κ1) is 19.4. The normalized spacial score (nSPS) is 34.2. The molecule has 23 heavy (non-hydrogen) atoms. The van der Waals surface area contributed by atoms with Crippen molar-refractivity contribution in [2.75, 3.05) is 6.61 Å². The van der Waals surface area contributed by atoms with E-state index in [4.69, 9.17) is 18.9 Å². The molecule has 0 spiro atoms. The number of rotatable bonds is 4. The molecule has 7 nitrogen and oxygen atoms in total. The van der Waals surface area contributed by atoms with Gasteiger partial charge in [0.25, 0.3) is 0 Å². The Balaban J connectivity index is 3.03. The number of esters is 3. The van der Waals surface area contributed by atoms with Crippen LogP contribution in [-0.2, 0) is 33.3 Å². The molecule has 132 valence electrons. The second-order valence-electron chi connectivity index (χ2n) is 6.05. The first-order chi connectivity index (χ1) is 10.6. The molecular weight excluding hydrogens is 304 g/mol. The summed E-state index contributed by atoms with van der Waals surface area (Å²) in [6.07, 6.45) is -2.21. The third-order valence-electron chi connectivity index (χ3n) is 4.16. The van der Waals surface area contributed by atoms with Gasteiger partial charge >= 0.3 is 17.9 Å². The van der Waals surface area contributed by atoms with E-state index in [1.807, 2.05) is 13.8 Å². The van der Waals surface area contributed by atoms with Crippen LogP contribution in [0.5, 0.6) is 0 Å². The van der Waals surface area contributed by atoms with Gasteiger partial charge in [0.05, 0.1) is 12.2 Å². The molecule has 0 bridgehead atoms. The van der Waals surface area contributed by atoms with Crippen LogP contribution in [0, 0.1) is 11.8 Å². The van der Waals surface area contributed by atoms with E-state index < -0.39 is 36.2 Å². The van der Waals surface area contributed by atoms with E-state index in [-0.39, 0.29) is 24.5 Å². The lowest BCUT2D eigenvalue weighted by atomic mass is 9.85. The fraction of sp³-hybridized carbons (Fsp3) is 0.812. The van der Waals surface area contributed by atoms with Crippen molar-refractivity contribution in [2.24, 2.45) is 11.8 Å². The number of hydrogen-bond donors (Lipinski definition) is 0. The van der Waals surface area contributed by atoms with Gasteiger partial charge in [-0.1, -0.05) is 13.8 Å². The van der Waals surface area contributed by atoms with E-state index >= 15 is 0 Å². The highest BCUT2D eigenvalue weighted by atomic mass is 16.6. The highest BCUT2D eigenvalue weighted by molar-refractivity contribution is 5.67. The van der Waals surface area contributed by atoms with Crippen molar-refractivity contribution in [3.05, 3.63) is 0 Å². The van der Waals surface area contributed by atoms with Gasteiger partial charge in [0.1, 0.15) is 12.7 Å². The Morgan fingerprint density at radius 3 is 1.83 bits per heavy atom. The molecule has 1 rings (SSSR count). The number of carbonyl (C=O) groups excluding carboxylic acids is 3. The molecule has 0 saturated carbocycles. The predicted molar refractivity (Wildman–Crippen MR) is 80.4 cm³/mol. The fourth-order valence-corrected chi connectivity index (χ4v) is 2.79. The first-order valence-electron chi connectivity index (χ1n) is 7.76. The smallest absolute Gasteiger partial charge is 0.303 e. The van der Waals surface area contributed by atoms with Gasteiger partial charge in [-0.2, -0.15) is 0 Å². The second-order valence-corrected chi connectivity index (χ2v) is 6.05. The number of hydrogen-bond acceptors (Lipinski definition) is 7. The molecule has 6 atom stereocenters. The summed E-state index contributed by atoms with van der Waals surface area (Å²) in [5, 5.41) is 0. The summed E-state index contributed by atoms with van der Waals surface area (Å²) in [5.74, 6) is -1.52. The maximum atomic E-state index is 11.4. The maximum Gasteiger partial charge on any atom is 0.303 e. The molecule has 1 aliphatic rings. The van der Waals surface area contributed by atoms with Crippen molar-refractivity contribution in [2.45, 2.75) is 66.0 Å². The molecule has 0 aromatic rings. The molecule has 0 aromatic carbocycles. The number of carbonyl (C=O) groups is 3. The second kappa shape index (κ2) is 8.29. The van der Waals surface area contributed by atoms with Crippen LogP contribution in [0.15, 0.2) is 0 Å². The SMILES string of the molecule is CC(=O)OC[C@H]1O[C@@H](C)[C@H](OC(C)=O)[C@H](OC(C)=O)[C@@H](C)[C@@H]1C. The summed E-state index contributed by atoms with van der Waals surface area (Å²) in [6, 6.07) is 0. The Hall–Kier alpha value is -1.63. The molecule has 0 aliphatic carbocycles. The molecule has 0 aromatic heterocycles. The van der Waals surface area contributed by atoms with E-state index in [9.17, 15) is 14.4 Å². The van der Waals surface area contributed by atoms with Crippen LogP contribution in [0.25, 0.3) is 0 Å². The van der Waals surface area contributed by atoms with Gasteiger partial charge in [0, 0.05) is 26.7 Å². The minimum Gasteiger partial charge on any atom is -0.463 e. The minimum absolute atomic E-state index is 0.0679. The van der Waals surface area contributed by atoms with Crippen molar-refractivity contribution in [1.29, 1.82) is 0 Å². The Kier molecular flexibility index (Phi) is 7.00. The molecule has 1 fully saturated rings. The molecule has 0 amide bonds. The molecule has 1 saturated heterocycles. The van der Waals surface area contributed by atoms with Crippen molar-refractivity contribution in [3.8, 4) is 0 Å². The summed E-state index contributed by atoms with van der Waals surface area (Å²) in [5.41, 5.74) is 0. The average molecular weight is 330 g/mol. The molecule has 0 unspecified atom stereocenters. The van der Waals surface area contributed by atoms with Crippen LogP contribution in [-0.4, -0.2) is 48.9 Å². The molecule has 0 radical (unpaired) electrons. The van der Waals surface area contributed by atoms with E-state index in [0.717, 1.165) is 0 Å². The van der Waals surface area contributed by atoms with Crippen molar-refractivity contribution >= 4 is 17.9 Å². The van der Waals surface area contributed by atoms with Crippen molar-refractivity contribution in [3.63, 3.8) is 0 Å². The lowest BCUT2D eigenvalue weighted by Gasteiger charge is -2.31. The summed E-state index contributed by atoms with van der Waals surface area (Å²) in [7, 11) is 0. The van der Waals surface area contributed by atoms with Crippen LogP contribution in [0.3, 0.4) is 0 Å². The van der Waals surface area contributed by atoms with Gasteiger partial charge in [-0.15, -0.1) is 0 Å². The van der Waals surface area contributed by atoms with Gasteiger partial charge in [-0.25, -0.2) is 0 Å². The van der Waals surface area contributed by atoms with E-state index in [1.165, 1.54) is 20.8 Å². The highest BCUT2D eigenvalue weighted by Gasteiger charge is 2.45. The Bertz CT molecular complexity index is 448. The van der Waals surface area contributed by atoms with Gasteiger partial charge in [0.2, 0.25) is 0 Å². The van der Waals surface area contributed by atoms with Crippen LogP contribution >= 0.6 is 0 Å². The van der Waals surface area contributed by atoms with Gasteiger partial charge in [-0.05, 0) is 12.8 Å². The monoisotopic (exact) mass is 330 g/mol. The molecular formula is C16H26O7. The van der Waals surface area contributed by atoms with Gasteiger partial charge in [0.15, 0.2) is 6.10 Å². The fourth-order valence-electron chi connectivity index (χ4n) is 2.79. The lowest BCUT2D eigenvalue weighted by molar-refractivity contribution is -0.179. The first-order valence-corrected chi connectivity index (χ1v) is 7.76. The Morgan fingerprint density at radius 1 is 0.826 bits per heavy atom. The van der Waals surface area contributed by atoms with E-state index in [2.05, 4.69) is 0 Å². The molecule has 7 heteroatoms. The highest BCUT2D eigenvalue weighted by Crippen LogP contribution is 2.33. The van der Waals surface area contributed by atoms with Crippen LogP contribution < -0.4 is 0 Å². The largest absolute Gasteiger partial charge is 0.463 e. The van der Waals surface area contributed by atoms with Gasteiger partial charge in [-0.3, -0.25) is 14.4 Å². The predicted octanol–water partition coefficient (Wildman–Crippen LogP) is 1.47. The maximum absolute atomic E-state index is 11.4. The third kappa shape index (κ3) is 5.49. The summed E-state index contributed by atoms with van der Waals surface area (Å²) in [6.45, 7) is 9.62. The minimum atomic E-state index is -0.712. The summed E-state index contributed by atoms with van der Waals surface area (Å²) < 4.78 is 21.7. The average Bonchev–Trinajstić information content (AvgIpc) is 2.50. The topological polar surface area (TPSA) is 88.1 Å². The van der Waals surface area contributed by atoms with Crippen molar-refractivity contribution < 1.29 is 33.3 Å². The quantitative estimate of drug-likeness (QED) is 0.569.